The molecule has 0 amide bonds. The van der Waals surface area contributed by atoms with Crippen LogP contribution in [-0.2, 0) is 39.6 Å². The molecular weight excluding hydrogens is 696 g/mol. The Bertz CT molecular complexity index is 890. The van der Waals surface area contributed by atoms with Crippen molar-refractivity contribution in [1.29, 1.82) is 0 Å². The smallest absolute Gasteiger partial charge is 0.415 e. The molecule has 44 heavy (non-hydrogen) atoms. The monoisotopic (exact) mass is 766 g/mol. The summed E-state index contributed by atoms with van der Waals surface area (Å²) in [5.74, 6) is 0. The predicted octanol–water partition coefficient (Wildman–Crippen LogP) is 9.55. The van der Waals surface area contributed by atoms with Crippen LogP contribution < -0.4 is 0 Å². The zero-order valence-corrected chi connectivity index (χ0v) is 40.2. The van der Waals surface area contributed by atoms with Crippen LogP contribution in [0.25, 0.3) is 0 Å². The highest BCUT2D eigenvalue weighted by Gasteiger charge is 2.47. The summed E-state index contributed by atoms with van der Waals surface area (Å²) >= 11 is 0. The second-order valence-electron chi connectivity index (χ2n) is 18.5. The fourth-order valence-electron chi connectivity index (χ4n) is 4.06. The van der Waals surface area contributed by atoms with Crippen LogP contribution in [0, 0.1) is 0 Å². The highest BCUT2D eigenvalue weighted by Crippen LogP contribution is 2.54. The molecule has 0 heterocycles. The predicted molar refractivity (Wildman–Crippen MR) is 205 cm³/mol. The standard InChI is InChI=1S/C27H71O9PSi7/c1-38(2,3)30-23-25(32-40(7,8)9)27(34-42(13,14)15)26(33-41(10,11)12)24(31-39(4,5)6)22-29-37(28,35-43(16,17)18)36-44(19,20)21/h24-27H,22-23H2,1-21H3/t24-,25-,26-,27-/m1/s1. The zero-order valence-electron chi connectivity index (χ0n) is 32.3. The summed E-state index contributed by atoms with van der Waals surface area (Å²) in [5.41, 5.74) is 0. The van der Waals surface area contributed by atoms with E-state index in [1.165, 1.54) is 0 Å². The average molecular weight is 767 g/mol. The molecule has 4 atom stereocenters. The fourth-order valence-corrected chi connectivity index (χ4v) is 15.8. The van der Waals surface area contributed by atoms with Crippen molar-refractivity contribution in [3.8, 4) is 0 Å². The topological polar surface area (TPSA) is 90.9 Å². The maximum atomic E-state index is 14.2. The summed E-state index contributed by atoms with van der Waals surface area (Å²) in [6, 6.07) is 0. The number of phosphoric acid groups is 1. The van der Waals surface area contributed by atoms with Crippen LogP contribution in [0.3, 0.4) is 0 Å². The van der Waals surface area contributed by atoms with Gasteiger partial charge in [0.1, 0.15) is 0 Å². The molecule has 0 aromatic heterocycles. The summed E-state index contributed by atoms with van der Waals surface area (Å²) < 4.78 is 67.1. The van der Waals surface area contributed by atoms with Crippen LogP contribution in [0.1, 0.15) is 0 Å². The average Bonchev–Trinajstić information content (AvgIpc) is 2.64. The molecule has 0 aromatic carbocycles. The number of rotatable bonds is 21. The third kappa shape index (κ3) is 23.7. The highest BCUT2D eigenvalue weighted by atomic mass is 31.2. The maximum absolute atomic E-state index is 14.2. The summed E-state index contributed by atoms with van der Waals surface area (Å²) in [6.07, 6.45) is -2.02. The van der Waals surface area contributed by atoms with Crippen molar-refractivity contribution in [2.75, 3.05) is 13.2 Å². The van der Waals surface area contributed by atoms with Crippen molar-refractivity contribution in [3.05, 3.63) is 0 Å². The quantitative estimate of drug-likeness (QED) is 0.0837. The molecule has 0 saturated carbocycles. The lowest BCUT2D eigenvalue weighted by Crippen LogP contribution is -2.60. The van der Waals surface area contributed by atoms with E-state index in [1.54, 1.807) is 0 Å². The van der Waals surface area contributed by atoms with E-state index in [2.05, 4.69) is 98.2 Å². The van der Waals surface area contributed by atoms with E-state index in [0.29, 0.717) is 6.61 Å². The van der Waals surface area contributed by atoms with Crippen LogP contribution >= 0.6 is 7.82 Å². The third-order valence-corrected chi connectivity index (χ3v) is 16.5. The van der Waals surface area contributed by atoms with E-state index >= 15 is 0 Å². The molecule has 0 radical (unpaired) electrons. The van der Waals surface area contributed by atoms with Crippen molar-refractivity contribution >= 4 is 66.0 Å². The summed E-state index contributed by atoms with van der Waals surface area (Å²) in [5, 5.41) is 0. The van der Waals surface area contributed by atoms with E-state index in [4.69, 9.17) is 35.1 Å². The molecular formula is C27H71O9PSi7. The first-order valence-corrected chi connectivity index (χ1v) is 41.3. The van der Waals surface area contributed by atoms with Gasteiger partial charge < -0.3 is 30.6 Å². The molecule has 266 valence electrons. The molecule has 0 spiro atoms. The molecule has 9 nitrogen and oxygen atoms in total. The third-order valence-electron chi connectivity index (χ3n) is 4.89. The van der Waals surface area contributed by atoms with Crippen LogP contribution in [0.4, 0.5) is 0 Å². The van der Waals surface area contributed by atoms with Gasteiger partial charge in [-0.1, -0.05) is 0 Å². The highest BCUT2D eigenvalue weighted by molar-refractivity contribution is 7.52. The fraction of sp³-hybridized carbons (Fsp3) is 1.00. The lowest BCUT2D eigenvalue weighted by atomic mass is 10.0. The Balaban J connectivity index is 7.21. The molecule has 0 rings (SSSR count). The van der Waals surface area contributed by atoms with E-state index in [-0.39, 0.29) is 12.7 Å². The van der Waals surface area contributed by atoms with E-state index in [1.807, 2.05) is 39.3 Å². The molecule has 0 N–H and O–H groups in total. The Morgan fingerprint density at radius 1 is 0.409 bits per heavy atom. The van der Waals surface area contributed by atoms with Gasteiger partial charge in [0.15, 0.2) is 58.2 Å². The Kier molecular flexibility index (Phi) is 17.0. The minimum atomic E-state index is -3.90. The van der Waals surface area contributed by atoms with Gasteiger partial charge in [0, 0.05) is 0 Å². The molecule has 17 heteroatoms. The van der Waals surface area contributed by atoms with Gasteiger partial charge in [0.25, 0.3) is 0 Å². The van der Waals surface area contributed by atoms with Gasteiger partial charge in [-0.3, -0.25) is 4.52 Å². The molecule has 0 aliphatic heterocycles. The van der Waals surface area contributed by atoms with Gasteiger partial charge in [-0.15, -0.1) is 0 Å². The second kappa shape index (κ2) is 16.4. The first-order chi connectivity index (χ1) is 19.0. The molecule has 0 aliphatic carbocycles. The molecule has 0 fully saturated rings. The van der Waals surface area contributed by atoms with Gasteiger partial charge in [-0.2, -0.15) is 0 Å². The molecule has 0 aromatic rings. The van der Waals surface area contributed by atoms with Crippen molar-refractivity contribution in [1.82, 2.24) is 0 Å². The van der Waals surface area contributed by atoms with E-state index in [9.17, 15) is 4.57 Å². The second-order valence-corrected chi connectivity index (χ2v) is 51.9. The summed E-state index contributed by atoms with van der Waals surface area (Å²) in [4.78, 5) is 0. The van der Waals surface area contributed by atoms with Gasteiger partial charge >= 0.3 is 7.82 Å². The first kappa shape index (κ1) is 45.4. The van der Waals surface area contributed by atoms with Crippen molar-refractivity contribution in [2.45, 2.75) is 162 Å². The first-order valence-electron chi connectivity index (χ1n) is 16.0. The van der Waals surface area contributed by atoms with Gasteiger partial charge in [0.2, 0.25) is 0 Å². The molecule has 0 saturated heterocycles. The van der Waals surface area contributed by atoms with Crippen LogP contribution in [-0.4, -0.2) is 95.9 Å². The van der Waals surface area contributed by atoms with Crippen molar-refractivity contribution in [3.63, 3.8) is 0 Å². The van der Waals surface area contributed by atoms with Gasteiger partial charge in [-0.25, -0.2) is 4.57 Å². The Morgan fingerprint density at radius 2 is 0.705 bits per heavy atom. The minimum Gasteiger partial charge on any atom is -0.415 e. The number of hydrogen-bond acceptors (Lipinski definition) is 9. The number of hydrogen-bond donors (Lipinski definition) is 0. The Labute approximate surface area is 279 Å². The zero-order chi connectivity index (χ0) is 35.4. The minimum absolute atomic E-state index is 0.0221. The van der Waals surface area contributed by atoms with E-state index in [0.717, 1.165) is 0 Å². The molecule has 0 bridgehead atoms. The molecule has 0 unspecified atom stereocenters. The van der Waals surface area contributed by atoms with Crippen LogP contribution in [0.5, 0.6) is 0 Å². The van der Waals surface area contributed by atoms with Gasteiger partial charge in [0.05, 0.1) is 37.6 Å². The largest absolute Gasteiger partial charge is 0.455 e. The van der Waals surface area contributed by atoms with Crippen LogP contribution in [0.2, 0.25) is 137 Å². The molecule has 0 aliphatic rings. The van der Waals surface area contributed by atoms with Crippen molar-refractivity contribution in [2.24, 2.45) is 0 Å². The SMILES string of the molecule is C[Si](C)(C)OC[C@@H](O[Si](C)(C)C)[C@@H](O[Si](C)(C)C)[C@H](O[Si](C)(C)C)[C@@H](COP(=O)(O[Si](C)(C)C)O[Si](C)(C)C)O[Si](C)(C)C. The van der Waals surface area contributed by atoms with E-state index < -0.39 is 84.4 Å². The Hall–Kier alpha value is 1.43. The van der Waals surface area contributed by atoms with Crippen molar-refractivity contribution < 1.29 is 39.6 Å². The maximum Gasteiger partial charge on any atom is 0.455 e. The lowest BCUT2D eigenvalue weighted by Gasteiger charge is -2.46. The normalized spacial score (nSPS) is 17.8. The summed E-state index contributed by atoms with van der Waals surface area (Å²) in [7, 11) is -19.0. The lowest BCUT2D eigenvalue weighted by molar-refractivity contribution is -0.0964. The van der Waals surface area contributed by atoms with Gasteiger partial charge in [-0.05, 0) is 137 Å². The summed E-state index contributed by atoms with van der Waals surface area (Å²) in [6.45, 7) is 44.8. The Morgan fingerprint density at radius 3 is 0.955 bits per heavy atom. The van der Waals surface area contributed by atoms with Crippen LogP contribution in [0.15, 0.2) is 0 Å².